The van der Waals surface area contributed by atoms with Gasteiger partial charge in [-0.3, -0.25) is 58.0 Å². The van der Waals surface area contributed by atoms with Gasteiger partial charge in [0.15, 0.2) is 0 Å². The molecule has 0 aliphatic carbocycles. The fourth-order valence-corrected chi connectivity index (χ4v) is 9.12. The summed E-state index contributed by atoms with van der Waals surface area (Å²) in [5.41, 5.74) is 2.06. The van der Waals surface area contributed by atoms with Crippen molar-refractivity contribution in [1.82, 2.24) is 51.1 Å². The minimum absolute atomic E-state index is 0.00950. The third-order valence-corrected chi connectivity index (χ3v) is 14.0. The number of carbonyl (C=O) groups is 11. The molecule has 1 aliphatic rings. The molecule has 3 rings (SSSR count). The number of urea groups is 1. The zero-order chi connectivity index (χ0) is 61.1. The van der Waals surface area contributed by atoms with Crippen molar-refractivity contribution < 1.29 is 83.4 Å². The number of halogens is 1. The minimum atomic E-state index is -1.53. The predicted molar refractivity (Wildman–Crippen MR) is 304 cm³/mol. The van der Waals surface area contributed by atoms with Crippen molar-refractivity contribution in [2.45, 2.75) is 109 Å². The van der Waals surface area contributed by atoms with Crippen LogP contribution in [0.15, 0.2) is 53.0 Å². The number of aliphatic carboxylic acids is 6. The highest BCUT2D eigenvalue weighted by atomic mass is 79.9. The number of nitrogens with zero attached hydrogens (tertiary/aromatic N) is 5. The van der Waals surface area contributed by atoms with Gasteiger partial charge >= 0.3 is 41.8 Å². The monoisotopic (exact) mass is 1230 g/mol. The van der Waals surface area contributed by atoms with Crippen LogP contribution < -0.4 is 26.6 Å². The first-order valence-corrected chi connectivity index (χ1v) is 28.6. The van der Waals surface area contributed by atoms with E-state index in [-0.39, 0.29) is 115 Å². The topological polar surface area (TPSA) is 386 Å². The van der Waals surface area contributed by atoms with Crippen LogP contribution in [0.5, 0.6) is 0 Å². The molecular formula is C55H81BrN10O17. The summed E-state index contributed by atoms with van der Waals surface area (Å²) in [7, 11) is 0. The van der Waals surface area contributed by atoms with E-state index in [4.69, 9.17) is 5.11 Å². The Morgan fingerprint density at radius 2 is 0.940 bits per heavy atom. The molecule has 460 valence electrons. The highest BCUT2D eigenvalue weighted by Crippen LogP contribution is 2.16. The van der Waals surface area contributed by atoms with Crippen LogP contribution >= 0.6 is 15.9 Å². The van der Waals surface area contributed by atoms with Crippen molar-refractivity contribution >= 4 is 81.4 Å². The predicted octanol–water partition coefficient (Wildman–Crippen LogP) is 1.78. The van der Waals surface area contributed by atoms with Crippen molar-refractivity contribution in [2.24, 2.45) is 0 Å². The number of carboxylic acid groups (broad SMARTS) is 6. The van der Waals surface area contributed by atoms with Crippen LogP contribution in [-0.2, 0) is 56.2 Å². The highest BCUT2D eigenvalue weighted by Gasteiger charge is 2.26. The van der Waals surface area contributed by atoms with E-state index in [1.165, 1.54) is 0 Å². The van der Waals surface area contributed by atoms with Gasteiger partial charge in [-0.25, -0.2) is 14.4 Å². The zero-order valence-electron chi connectivity index (χ0n) is 46.8. The van der Waals surface area contributed by atoms with Crippen LogP contribution in [0.3, 0.4) is 0 Å². The molecule has 0 saturated carbocycles. The Morgan fingerprint density at radius 1 is 0.470 bits per heavy atom. The lowest BCUT2D eigenvalue weighted by Gasteiger charge is -2.32. The number of hydrogen-bond donors (Lipinski definition) is 11. The average Bonchev–Trinajstić information content (AvgIpc) is 3.48. The molecule has 11 N–H and O–H groups in total. The second kappa shape index (κ2) is 39.3. The maximum atomic E-state index is 13.4. The van der Waals surface area contributed by atoms with E-state index >= 15 is 0 Å². The van der Waals surface area contributed by atoms with Gasteiger partial charge in [-0.05, 0) is 86.8 Å². The first kappa shape index (κ1) is 70.0. The Hall–Kier alpha value is -7.27. The quantitative estimate of drug-likeness (QED) is 0.0430. The molecule has 6 amide bonds. The van der Waals surface area contributed by atoms with E-state index in [1.54, 1.807) is 43.9 Å². The summed E-state index contributed by atoms with van der Waals surface area (Å²) in [6.45, 7) is 2.97. The molecule has 0 aromatic heterocycles. The van der Waals surface area contributed by atoms with Gasteiger partial charge in [0.1, 0.15) is 12.1 Å². The fourth-order valence-electron chi connectivity index (χ4n) is 8.86. The molecule has 0 radical (unpaired) electrons. The Bertz CT molecular complexity index is 2410. The standard InChI is InChI=1S/C55H81BrN10O17/c56-42-18-14-40(15-19-42)34-66(24-8-5-9-43(53(79)80)60-55(83)61-44(54(81)82)20-21-48(70)71)47(69)11-4-2-1-3-10-45(67)57-22-6-7-23-58-52(78)41-16-12-39(13-17-41)33-59-46(68)35-62-25-27-63(36-49(72)73)29-31-65(38-51(76)77)32-30-64(28-26-62)37-50(74)75/h12-19,43-44H,1-11,20-38H2,(H,57,67)(H,58,78)(H,59,68)(H,70,71)(H,72,73)(H,74,75)(H,76,77)(H,79,80)(H,81,82)(H2,60,61,83)/t43-,44-/m0/s1. The van der Waals surface area contributed by atoms with Crippen LogP contribution in [0, 0.1) is 0 Å². The van der Waals surface area contributed by atoms with Crippen LogP contribution in [0.4, 0.5) is 4.79 Å². The summed E-state index contributed by atoms with van der Waals surface area (Å²) >= 11 is 3.41. The van der Waals surface area contributed by atoms with E-state index in [0.29, 0.717) is 89.8 Å². The van der Waals surface area contributed by atoms with Gasteiger partial charge in [-0.2, -0.15) is 0 Å². The van der Waals surface area contributed by atoms with Crippen molar-refractivity contribution in [1.29, 1.82) is 0 Å². The third kappa shape index (κ3) is 31.7. The Balaban J connectivity index is 1.33. The van der Waals surface area contributed by atoms with Crippen LogP contribution in [-0.4, -0.2) is 231 Å². The molecule has 27 nitrogen and oxygen atoms in total. The number of rotatable bonds is 37. The third-order valence-electron chi connectivity index (χ3n) is 13.5. The SMILES string of the molecule is O=C(O)CC[C@H](NC(=O)N[C@@H](CCCCN(Cc1ccc(Br)cc1)C(=O)CCCCCCC(=O)NCCCCNC(=O)c1ccc(CNC(=O)CN2CCN(CC(=O)O)CCN(CC(=O)O)CCN(CC(=O)O)CC2)cc1)C(=O)O)C(=O)O. The molecule has 1 heterocycles. The summed E-state index contributed by atoms with van der Waals surface area (Å²) in [5, 5.41) is 69.2. The van der Waals surface area contributed by atoms with E-state index in [9.17, 15) is 78.3 Å². The van der Waals surface area contributed by atoms with Gasteiger partial charge in [0.05, 0.1) is 26.2 Å². The minimum Gasteiger partial charge on any atom is -0.481 e. The molecule has 83 heavy (non-hydrogen) atoms. The first-order chi connectivity index (χ1) is 39.6. The van der Waals surface area contributed by atoms with Gasteiger partial charge in [0.25, 0.3) is 5.91 Å². The second-order valence-electron chi connectivity index (χ2n) is 20.3. The van der Waals surface area contributed by atoms with Gasteiger partial charge < -0.3 is 62.1 Å². The van der Waals surface area contributed by atoms with Gasteiger partial charge in [0.2, 0.25) is 17.7 Å². The van der Waals surface area contributed by atoms with Crippen molar-refractivity contribution in [2.75, 3.05) is 98.2 Å². The normalized spacial score (nSPS) is 14.6. The molecule has 1 aliphatic heterocycles. The summed E-state index contributed by atoms with van der Waals surface area (Å²) in [6.07, 6.45) is 4.32. The summed E-state index contributed by atoms with van der Waals surface area (Å²) in [5.74, 6) is -7.97. The Labute approximate surface area is 490 Å². The molecule has 0 bridgehead atoms. The van der Waals surface area contributed by atoms with E-state index in [1.807, 2.05) is 29.2 Å². The molecule has 2 aromatic rings. The molecular weight excluding hydrogens is 1150 g/mol. The maximum absolute atomic E-state index is 13.4. The highest BCUT2D eigenvalue weighted by molar-refractivity contribution is 9.10. The number of amides is 6. The zero-order valence-corrected chi connectivity index (χ0v) is 48.4. The summed E-state index contributed by atoms with van der Waals surface area (Å²) in [6, 6.07) is 10.3. The lowest BCUT2D eigenvalue weighted by Crippen LogP contribution is -2.51. The second-order valence-corrected chi connectivity index (χ2v) is 21.2. The Kier molecular flexibility index (Phi) is 33.1. The molecule has 28 heteroatoms. The number of unbranched alkanes of at least 4 members (excludes halogenated alkanes) is 5. The molecule has 2 aromatic carbocycles. The Morgan fingerprint density at radius 3 is 1.43 bits per heavy atom. The van der Waals surface area contributed by atoms with E-state index in [2.05, 4.69) is 42.5 Å². The first-order valence-electron chi connectivity index (χ1n) is 27.8. The average molecular weight is 1230 g/mol. The van der Waals surface area contributed by atoms with E-state index < -0.39 is 60.4 Å². The smallest absolute Gasteiger partial charge is 0.326 e. The number of nitrogens with one attached hydrogen (secondary N) is 5. The van der Waals surface area contributed by atoms with Crippen LogP contribution in [0.2, 0.25) is 0 Å². The summed E-state index contributed by atoms with van der Waals surface area (Å²) in [4.78, 5) is 142. The molecule has 0 spiro atoms. The summed E-state index contributed by atoms with van der Waals surface area (Å²) < 4.78 is 0.871. The lowest BCUT2D eigenvalue weighted by atomic mass is 10.1. The molecule has 1 fully saturated rings. The van der Waals surface area contributed by atoms with Crippen LogP contribution in [0.1, 0.15) is 105 Å². The lowest BCUT2D eigenvalue weighted by molar-refractivity contribution is -0.141. The fraction of sp³-hybridized carbons (Fsp3) is 0.582. The van der Waals surface area contributed by atoms with Crippen LogP contribution in [0.25, 0.3) is 0 Å². The molecule has 0 unspecified atom stereocenters. The van der Waals surface area contributed by atoms with E-state index in [0.717, 1.165) is 28.4 Å². The van der Waals surface area contributed by atoms with Gasteiger partial charge in [0, 0.05) is 114 Å². The maximum Gasteiger partial charge on any atom is 0.326 e. The number of benzene rings is 2. The molecule has 2 atom stereocenters. The van der Waals surface area contributed by atoms with Crippen molar-refractivity contribution in [3.05, 3.63) is 69.7 Å². The van der Waals surface area contributed by atoms with Crippen molar-refractivity contribution in [3.63, 3.8) is 0 Å². The van der Waals surface area contributed by atoms with Gasteiger partial charge in [-0.15, -0.1) is 0 Å². The van der Waals surface area contributed by atoms with Crippen molar-refractivity contribution in [3.8, 4) is 0 Å². The number of hydrogen-bond acceptors (Lipinski definition) is 15. The van der Waals surface area contributed by atoms with Gasteiger partial charge in [-0.1, -0.05) is 53.0 Å². The number of carbonyl (C=O) groups excluding carboxylic acids is 5. The largest absolute Gasteiger partial charge is 0.481 e. The number of carboxylic acids is 6. The molecule has 1 saturated heterocycles.